The van der Waals surface area contributed by atoms with Crippen LogP contribution < -0.4 is 25.0 Å². The Kier molecular flexibility index (Phi) is 10.1. The number of aryl methyl sites for hydroxylation is 1. The van der Waals surface area contributed by atoms with Crippen molar-refractivity contribution in [3.63, 3.8) is 0 Å². The van der Waals surface area contributed by atoms with Gasteiger partial charge in [0.2, 0.25) is 0 Å². The molecule has 4 aromatic carbocycles. The quantitative estimate of drug-likeness (QED) is 0.165. The van der Waals surface area contributed by atoms with Crippen molar-refractivity contribution in [3.8, 4) is 17.2 Å². The van der Waals surface area contributed by atoms with Crippen LogP contribution in [0.4, 0.5) is 5.69 Å². The summed E-state index contributed by atoms with van der Waals surface area (Å²) in [7, 11) is 0. The van der Waals surface area contributed by atoms with E-state index >= 15 is 0 Å². The normalized spacial score (nSPS) is 10.7. The molecule has 0 saturated heterocycles. The maximum Gasteiger partial charge on any atom is 0.271 e. The van der Waals surface area contributed by atoms with Crippen LogP contribution in [0, 0.1) is 13.8 Å². The monoisotopic (exact) mass is 551 g/mol. The number of carbonyl (C=O) groups is 2. The molecule has 0 aliphatic heterocycles. The van der Waals surface area contributed by atoms with Crippen LogP contribution in [0.15, 0.2) is 96.1 Å². The third kappa shape index (κ3) is 8.44. The van der Waals surface area contributed by atoms with Gasteiger partial charge in [-0.15, -0.1) is 0 Å². The van der Waals surface area contributed by atoms with Gasteiger partial charge >= 0.3 is 0 Å². The number of amides is 2. The van der Waals surface area contributed by atoms with Gasteiger partial charge in [0, 0.05) is 11.3 Å². The molecule has 0 aliphatic carbocycles. The van der Waals surface area contributed by atoms with Crippen LogP contribution in [-0.4, -0.2) is 31.2 Å². The Morgan fingerprint density at radius 3 is 2.37 bits per heavy atom. The van der Waals surface area contributed by atoms with Gasteiger partial charge in [0.25, 0.3) is 11.8 Å². The molecule has 0 saturated carbocycles. The lowest BCUT2D eigenvalue weighted by molar-refractivity contribution is -0.118. The number of hydrogen-bond donors (Lipinski definition) is 2. The van der Waals surface area contributed by atoms with Crippen molar-refractivity contribution in [2.24, 2.45) is 5.10 Å². The summed E-state index contributed by atoms with van der Waals surface area (Å²) in [4.78, 5) is 25.0. The standard InChI is InChI=1S/C33H33N3O5/c1-4-39-31-19-27(15-18-30(31)41-21-26-10-6-5-7-11-26)33(38)36-34-20-25-13-16-28(17-14-25)40-22-32(37)35-29-12-8-9-23(2)24(29)3/h5-20H,4,21-22H2,1-3H3,(H,35,37)(H,36,38)/b34-20+. The number of anilines is 1. The maximum absolute atomic E-state index is 12.7. The summed E-state index contributed by atoms with van der Waals surface area (Å²) in [5, 5.41) is 6.93. The fourth-order valence-electron chi connectivity index (χ4n) is 3.87. The Morgan fingerprint density at radius 1 is 0.829 bits per heavy atom. The van der Waals surface area contributed by atoms with E-state index in [2.05, 4.69) is 15.8 Å². The van der Waals surface area contributed by atoms with E-state index < -0.39 is 0 Å². The SMILES string of the molecule is CCOc1cc(C(=O)N/N=C/c2ccc(OCC(=O)Nc3cccc(C)c3C)cc2)ccc1OCc1ccccc1. The molecule has 0 spiro atoms. The van der Waals surface area contributed by atoms with Crippen LogP contribution in [0.3, 0.4) is 0 Å². The number of hydrogen-bond acceptors (Lipinski definition) is 6. The number of rotatable bonds is 12. The second-order valence-corrected chi connectivity index (χ2v) is 9.22. The molecule has 0 heterocycles. The number of ether oxygens (including phenoxy) is 3. The van der Waals surface area contributed by atoms with Gasteiger partial charge in [0.1, 0.15) is 12.4 Å². The molecule has 8 nitrogen and oxygen atoms in total. The molecule has 2 amide bonds. The van der Waals surface area contributed by atoms with Gasteiger partial charge in [-0.3, -0.25) is 9.59 Å². The summed E-state index contributed by atoms with van der Waals surface area (Å²) in [5.74, 6) is 0.960. The molecular weight excluding hydrogens is 518 g/mol. The minimum atomic E-state index is -0.383. The van der Waals surface area contributed by atoms with E-state index in [1.165, 1.54) is 6.21 Å². The third-order valence-corrected chi connectivity index (χ3v) is 6.25. The van der Waals surface area contributed by atoms with Gasteiger partial charge in [-0.1, -0.05) is 42.5 Å². The van der Waals surface area contributed by atoms with E-state index in [1.54, 1.807) is 42.5 Å². The molecule has 0 aromatic heterocycles. The zero-order chi connectivity index (χ0) is 29.0. The van der Waals surface area contributed by atoms with Crippen LogP contribution >= 0.6 is 0 Å². The smallest absolute Gasteiger partial charge is 0.271 e. The van der Waals surface area contributed by atoms with Gasteiger partial charge in [-0.05, 0) is 91.6 Å². The Bertz CT molecular complexity index is 1500. The minimum absolute atomic E-state index is 0.114. The molecule has 210 valence electrons. The highest BCUT2D eigenvalue weighted by Crippen LogP contribution is 2.29. The minimum Gasteiger partial charge on any atom is -0.490 e. The first-order chi connectivity index (χ1) is 19.9. The fraction of sp³-hybridized carbons (Fsp3) is 0.182. The molecule has 0 bridgehead atoms. The number of nitrogens with one attached hydrogen (secondary N) is 2. The van der Waals surface area contributed by atoms with E-state index in [1.807, 2.05) is 69.3 Å². The number of carbonyl (C=O) groups excluding carboxylic acids is 2. The average Bonchev–Trinajstić information content (AvgIpc) is 2.99. The first kappa shape index (κ1) is 28.9. The van der Waals surface area contributed by atoms with Crippen molar-refractivity contribution in [2.75, 3.05) is 18.5 Å². The molecular formula is C33H33N3O5. The van der Waals surface area contributed by atoms with Gasteiger partial charge in [0.05, 0.1) is 12.8 Å². The van der Waals surface area contributed by atoms with Crippen LogP contribution in [0.5, 0.6) is 17.2 Å². The van der Waals surface area contributed by atoms with E-state index in [0.717, 1.165) is 27.9 Å². The zero-order valence-corrected chi connectivity index (χ0v) is 23.3. The number of benzene rings is 4. The predicted molar refractivity (Wildman–Crippen MR) is 160 cm³/mol. The Morgan fingerprint density at radius 2 is 1.61 bits per heavy atom. The first-order valence-corrected chi connectivity index (χ1v) is 13.3. The average molecular weight is 552 g/mol. The molecule has 41 heavy (non-hydrogen) atoms. The predicted octanol–water partition coefficient (Wildman–Crippen LogP) is 6.06. The lowest BCUT2D eigenvalue weighted by atomic mass is 10.1. The van der Waals surface area contributed by atoms with Gasteiger partial charge in [-0.2, -0.15) is 5.10 Å². The zero-order valence-electron chi connectivity index (χ0n) is 23.3. The van der Waals surface area contributed by atoms with E-state index in [9.17, 15) is 9.59 Å². The van der Waals surface area contributed by atoms with Crippen LogP contribution in [-0.2, 0) is 11.4 Å². The molecule has 0 atom stereocenters. The first-order valence-electron chi connectivity index (χ1n) is 13.3. The lowest BCUT2D eigenvalue weighted by Gasteiger charge is -2.13. The van der Waals surface area contributed by atoms with Gasteiger partial charge in [-0.25, -0.2) is 5.43 Å². The van der Waals surface area contributed by atoms with Crippen molar-refractivity contribution in [3.05, 3.63) is 119 Å². The lowest BCUT2D eigenvalue weighted by Crippen LogP contribution is -2.20. The number of hydrazone groups is 1. The summed E-state index contributed by atoms with van der Waals surface area (Å²) in [5.41, 5.74) is 7.60. The van der Waals surface area contributed by atoms with Crippen LogP contribution in [0.2, 0.25) is 0 Å². The maximum atomic E-state index is 12.7. The second-order valence-electron chi connectivity index (χ2n) is 9.22. The molecule has 0 radical (unpaired) electrons. The highest BCUT2D eigenvalue weighted by Gasteiger charge is 2.12. The topological polar surface area (TPSA) is 98.3 Å². The van der Waals surface area contributed by atoms with Crippen LogP contribution in [0.25, 0.3) is 0 Å². The molecule has 4 rings (SSSR count). The van der Waals surface area contributed by atoms with Crippen molar-refractivity contribution < 1.29 is 23.8 Å². The van der Waals surface area contributed by atoms with Crippen molar-refractivity contribution in [1.29, 1.82) is 0 Å². The largest absolute Gasteiger partial charge is 0.490 e. The molecule has 8 heteroatoms. The summed E-state index contributed by atoms with van der Waals surface area (Å²) in [6.45, 7) is 6.54. The van der Waals surface area contributed by atoms with E-state index in [-0.39, 0.29) is 18.4 Å². The number of nitrogens with zero attached hydrogens (tertiary/aromatic N) is 1. The van der Waals surface area contributed by atoms with Crippen molar-refractivity contribution in [2.45, 2.75) is 27.4 Å². The van der Waals surface area contributed by atoms with E-state index in [4.69, 9.17) is 14.2 Å². The molecule has 2 N–H and O–H groups in total. The molecule has 0 aliphatic rings. The summed E-state index contributed by atoms with van der Waals surface area (Å²) in [6.07, 6.45) is 1.52. The fourth-order valence-corrected chi connectivity index (χ4v) is 3.87. The highest BCUT2D eigenvalue weighted by molar-refractivity contribution is 5.95. The second kappa shape index (κ2) is 14.3. The van der Waals surface area contributed by atoms with Crippen LogP contribution in [0.1, 0.15) is 39.5 Å². The summed E-state index contributed by atoms with van der Waals surface area (Å²) in [6, 6.07) is 27.6. The van der Waals surface area contributed by atoms with Gasteiger partial charge < -0.3 is 19.5 Å². The van der Waals surface area contributed by atoms with E-state index in [0.29, 0.717) is 36.0 Å². The summed E-state index contributed by atoms with van der Waals surface area (Å²) < 4.78 is 17.2. The Hall–Kier alpha value is -5.11. The Balaban J connectivity index is 1.27. The summed E-state index contributed by atoms with van der Waals surface area (Å²) >= 11 is 0. The van der Waals surface area contributed by atoms with Gasteiger partial charge in [0.15, 0.2) is 18.1 Å². The molecule has 4 aromatic rings. The molecule has 0 fully saturated rings. The van der Waals surface area contributed by atoms with Crippen molar-refractivity contribution in [1.82, 2.24) is 5.43 Å². The van der Waals surface area contributed by atoms with Crippen molar-refractivity contribution >= 4 is 23.7 Å². The molecule has 0 unspecified atom stereocenters. The Labute approximate surface area is 240 Å². The third-order valence-electron chi connectivity index (χ3n) is 6.25. The highest BCUT2D eigenvalue weighted by atomic mass is 16.5.